The van der Waals surface area contributed by atoms with Crippen LogP contribution in [0.25, 0.3) is 0 Å². The zero-order chi connectivity index (χ0) is 19.6. The molecule has 1 aromatic carbocycles. The number of nitrogens with zero attached hydrogens (tertiary/aromatic N) is 1. The number of allylic oxidation sites excluding steroid dienone is 2. The molecular formula is C22H25NO4. The number of carbonyl (C=O) groups excluding carboxylic acids is 1. The second kappa shape index (κ2) is 10.2. The van der Waals surface area contributed by atoms with Crippen molar-refractivity contribution in [3.8, 4) is 5.75 Å². The lowest BCUT2D eigenvalue weighted by atomic mass is 10.1. The van der Waals surface area contributed by atoms with Crippen LogP contribution < -0.4 is 10.3 Å². The maximum absolute atomic E-state index is 12.8. The molecule has 1 heterocycles. The first-order chi connectivity index (χ1) is 13.1. The summed E-state index contributed by atoms with van der Waals surface area (Å²) in [7, 11) is 0. The van der Waals surface area contributed by atoms with Gasteiger partial charge in [-0.3, -0.25) is 9.36 Å². The second-order valence-corrected chi connectivity index (χ2v) is 5.95. The number of rotatable bonds is 10. The quantitative estimate of drug-likeness (QED) is 0.473. The lowest BCUT2D eigenvalue weighted by Gasteiger charge is -2.21. The summed E-state index contributed by atoms with van der Waals surface area (Å²) >= 11 is 0. The van der Waals surface area contributed by atoms with E-state index in [-0.39, 0.29) is 12.2 Å². The highest BCUT2D eigenvalue weighted by Gasteiger charge is 2.24. The number of hydrogen-bond acceptors (Lipinski definition) is 4. The predicted octanol–water partition coefficient (Wildman–Crippen LogP) is 3.84. The Bertz CT molecular complexity index is 839. The van der Waals surface area contributed by atoms with Gasteiger partial charge in [0.15, 0.2) is 0 Å². The van der Waals surface area contributed by atoms with Gasteiger partial charge in [0, 0.05) is 24.2 Å². The van der Waals surface area contributed by atoms with Crippen LogP contribution >= 0.6 is 0 Å². The van der Waals surface area contributed by atoms with Gasteiger partial charge in [-0.2, -0.15) is 0 Å². The Morgan fingerprint density at radius 1 is 1.19 bits per heavy atom. The number of hydrogen-bond donors (Lipinski definition) is 0. The highest BCUT2D eigenvalue weighted by Crippen LogP contribution is 2.20. The number of pyridine rings is 1. The van der Waals surface area contributed by atoms with E-state index in [1.54, 1.807) is 25.1 Å². The number of carbonyl (C=O) groups is 1. The Labute approximate surface area is 159 Å². The minimum absolute atomic E-state index is 0.246. The van der Waals surface area contributed by atoms with E-state index < -0.39 is 12.0 Å². The molecule has 142 valence electrons. The normalized spacial score (nSPS) is 11.4. The Hall–Kier alpha value is -3.08. The molecule has 2 rings (SSSR count). The summed E-state index contributed by atoms with van der Waals surface area (Å²) in [6.07, 6.45) is 4.01. The van der Waals surface area contributed by atoms with Gasteiger partial charge in [-0.1, -0.05) is 42.5 Å². The minimum atomic E-state index is -0.756. The van der Waals surface area contributed by atoms with Gasteiger partial charge in [0.05, 0.1) is 6.61 Å². The molecule has 0 aliphatic carbocycles. The fraction of sp³-hybridized carbons (Fsp3) is 0.273. The summed E-state index contributed by atoms with van der Waals surface area (Å²) < 4.78 is 12.4. The third-order valence-corrected chi connectivity index (χ3v) is 3.98. The van der Waals surface area contributed by atoms with E-state index in [0.717, 1.165) is 5.56 Å². The van der Waals surface area contributed by atoms with E-state index in [1.165, 1.54) is 10.6 Å². The van der Waals surface area contributed by atoms with E-state index in [9.17, 15) is 9.59 Å². The molecule has 0 spiro atoms. The standard InChI is InChI=1S/C22H25NO4/c1-4-10-18-14-19(27-16-17-12-8-7-9-13-17)15-21(24)23(18)20(11-5-2)22(25)26-6-3/h4-5,7-9,12-15,20H,1-2,6,10-11,16H2,3H3. The molecule has 0 saturated heterocycles. The first-order valence-electron chi connectivity index (χ1n) is 8.91. The molecule has 0 aliphatic heterocycles. The molecule has 0 amide bonds. The van der Waals surface area contributed by atoms with Crippen LogP contribution in [0.2, 0.25) is 0 Å². The second-order valence-electron chi connectivity index (χ2n) is 5.95. The Balaban J connectivity index is 2.36. The number of esters is 1. The molecular weight excluding hydrogens is 342 g/mol. The molecule has 0 N–H and O–H groups in total. The van der Waals surface area contributed by atoms with Crippen molar-refractivity contribution < 1.29 is 14.3 Å². The third-order valence-electron chi connectivity index (χ3n) is 3.98. The Morgan fingerprint density at radius 3 is 2.56 bits per heavy atom. The van der Waals surface area contributed by atoms with Crippen molar-refractivity contribution in [3.63, 3.8) is 0 Å². The zero-order valence-electron chi connectivity index (χ0n) is 15.6. The van der Waals surface area contributed by atoms with E-state index in [4.69, 9.17) is 9.47 Å². The zero-order valence-corrected chi connectivity index (χ0v) is 15.6. The van der Waals surface area contributed by atoms with Crippen molar-refractivity contribution in [1.82, 2.24) is 4.57 Å². The lowest BCUT2D eigenvalue weighted by molar-refractivity contribution is -0.147. The predicted molar refractivity (Wildman–Crippen MR) is 106 cm³/mol. The fourth-order valence-electron chi connectivity index (χ4n) is 2.79. The molecule has 27 heavy (non-hydrogen) atoms. The van der Waals surface area contributed by atoms with Crippen molar-refractivity contribution in [3.05, 3.63) is 89.4 Å². The van der Waals surface area contributed by atoms with Crippen molar-refractivity contribution in [2.24, 2.45) is 0 Å². The average molecular weight is 367 g/mol. The number of aromatic nitrogens is 1. The lowest BCUT2D eigenvalue weighted by Crippen LogP contribution is -2.33. The molecule has 0 saturated carbocycles. The topological polar surface area (TPSA) is 57.5 Å². The van der Waals surface area contributed by atoms with Gasteiger partial charge < -0.3 is 9.47 Å². The Kier molecular flexibility index (Phi) is 7.62. The van der Waals surface area contributed by atoms with Crippen LogP contribution in [-0.2, 0) is 22.6 Å². The van der Waals surface area contributed by atoms with Gasteiger partial charge in [0.2, 0.25) is 0 Å². The van der Waals surface area contributed by atoms with E-state index in [0.29, 0.717) is 30.9 Å². The van der Waals surface area contributed by atoms with Crippen LogP contribution in [0.3, 0.4) is 0 Å². The van der Waals surface area contributed by atoms with Crippen molar-refractivity contribution in [1.29, 1.82) is 0 Å². The fourth-order valence-corrected chi connectivity index (χ4v) is 2.79. The Morgan fingerprint density at radius 2 is 1.93 bits per heavy atom. The maximum Gasteiger partial charge on any atom is 0.329 e. The molecule has 5 heteroatoms. The highest BCUT2D eigenvalue weighted by atomic mass is 16.5. The van der Waals surface area contributed by atoms with E-state index in [1.807, 2.05) is 30.3 Å². The van der Waals surface area contributed by atoms with Gasteiger partial charge in [-0.25, -0.2) is 4.79 Å². The molecule has 2 aromatic rings. The van der Waals surface area contributed by atoms with Crippen LogP contribution in [-0.4, -0.2) is 17.1 Å². The first-order valence-corrected chi connectivity index (χ1v) is 8.91. The average Bonchev–Trinajstić information content (AvgIpc) is 2.66. The third kappa shape index (κ3) is 5.45. The van der Waals surface area contributed by atoms with Gasteiger partial charge in [-0.15, -0.1) is 13.2 Å². The molecule has 0 fully saturated rings. The van der Waals surface area contributed by atoms with Crippen molar-refractivity contribution in [2.75, 3.05) is 6.61 Å². The summed E-state index contributed by atoms with van der Waals surface area (Å²) in [4.78, 5) is 25.1. The summed E-state index contributed by atoms with van der Waals surface area (Å²) in [5.74, 6) is 0.000862. The van der Waals surface area contributed by atoms with E-state index >= 15 is 0 Å². The summed E-state index contributed by atoms with van der Waals surface area (Å²) in [5, 5.41) is 0. The monoisotopic (exact) mass is 367 g/mol. The largest absolute Gasteiger partial charge is 0.489 e. The van der Waals surface area contributed by atoms with Gasteiger partial charge in [0.1, 0.15) is 18.4 Å². The summed E-state index contributed by atoms with van der Waals surface area (Å²) in [5.41, 5.74) is 1.32. The van der Waals surface area contributed by atoms with Crippen LogP contribution in [0.1, 0.15) is 30.6 Å². The van der Waals surface area contributed by atoms with Gasteiger partial charge in [0.25, 0.3) is 5.56 Å². The first kappa shape index (κ1) is 20.2. The molecule has 0 radical (unpaired) electrons. The van der Waals surface area contributed by atoms with Crippen LogP contribution in [0.4, 0.5) is 0 Å². The molecule has 1 aromatic heterocycles. The van der Waals surface area contributed by atoms with E-state index in [2.05, 4.69) is 13.2 Å². The molecule has 0 aliphatic rings. The smallest absolute Gasteiger partial charge is 0.329 e. The molecule has 0 bridgehead atoms. The van der Waals surface area contributed by atoms with Crippen molar-refractivity contribution in [2.45, 2.75) is 32.4 Å². The maximum atomic E-state index is 12.8. The summed E-state index contributed by atoms with van der Waals surface area (Å²) in [6.45, 7) is 9.76. The van der Waals surface area contributed by atoms with Gasteiger partial charge >= 0.3 is 5.97 Å². The van der Waals surface area contributed by atoms with Crippen LogP contribution in [0.5, 0.6) is 5.75 Å². The SMILES string of the molecule is C=CCc1cc(OCc2ccccc2)cc(=O)n1C(CC=C)C(=O)OCC. The summed E-state index contributed by atoms with van der Waals surface area (Å²) in [6, 6.07) is 12.1. The molecule has 1 atom stereocenters. The van der Waals surface area contributed by atoms with Crippen molar-refractivity contribution >= 4 is 5.97 Å². The number of ether oxygens (including phenoxy) is 2. The van der Waals surface area contributed by atoms with Gasteiger partial charge in [-0.05, 0) is 18.9 Å². The highest BCUT2D eigenvalue weighted by molar-refractivity contribution is 5.74. The number of benzene rings is 1. The molecule has 1 unspecified atom stereocenters. The minimum Gasteiger partial charge on any atom is -0.489 e. The van der Waals surface area contributed by atoms with Crippen LogP contribution in [0, 0.1) is 0 Å². The molecule has 5 nitrogen and oxygen atoms in total. The van der Waals surface area contributed by atoms with Crippen LogP contribution in [0.15, 0.2) is 72.6 Å².